The summed E-state index contributed by atoms with van der Waals surface area (Å²) in [6, 6.07) is 9.74. The van der Waals surface area contributed by atoms with Crippen LogP contribution in [0, 0.1) is 6.92 Å². The molecule has 3 aromatic rings. The van der Waals surface area contributed by atoms with Crippen molar-refractivity contribution in [1.29, 1.82) is 0 Å². The molecule has 0 atom stereocenters. The molecule has 0 unspecified atom stereocenters. The number of ketones is 1. The van der Waals surface area contributed by atoms with Crippen LogP contribution in [0.25, 0.3) is 16.8 Å². The molecule has 2 aromatic carbocycles. The summed E-state index contributed by atoms with van der Waals surface area (Å²) in [6.07, 6.45) is -3.57. The maximum atomic E-state index is 13.5. The van der Waals surface area contributed by atoms with Crippen LogP contribution in [-0.2, 0) is 0 Å². The molecule has 0 bridgehead atoms. The fourth-order valence-electron chi connectivity index (χ4n) is 3.50. The largest absolute Gasteiger partial charge is 0.497 e. The first kappa shape index (κ1) is 23.1. The van der Waals surface area contributed by atoms with Gasteiger partial charge in [-0.15, -0.1) is 0 Å². The zero-order chi connectivity index (χ0) is 23.6. The maximum Gasteiger partial charge on any atom is 0.454 e. The van der Waals surface area contributed by atoms with Crippen LogP contribution < -0.4 is 18.9 Å². The molecule has 0 spiro atoms. The van der Waals surface area contributed by atoms with Gasteiger partial charge in [-0.2, -0.15) is 13.2 Å². The Kier molecular flexibility index (Phi) is 6.38. The lowest BCUT2D eigenvalue weighted by molar-refractivity contribution is -0.0885. The van der Waals surface area contributed by atoms with E-state index in [1.165, 1.54) is 58.3 Å². The maximum absolute atomic E-state index is 13.5. The molecule has 0 radical (unpaired) electrons. The second-order valence-corrected chi connectivity index (χ2v) is 6.81. The van der Waals surface area contributed by atoms with E-state index in [0.29, 0.717) is 17.0 Å². The van der Waals surface area contributed by atoms with Gasteiger partial charge >= 0.3 is 6.18 Å². The minimum absolute atomic E-state index is 0.0832. The van der Waals surface area contributed by atoms with Crippen molar-refractivity contribution in [2.24, 2.45) is 0 Å². The smallest absolute Gasteiger partial charge is 0.454 e. The first-order valence-corrected chi connectivity index (χ1v) is 9.44. The Morgan fingerprint density at radius 3 is 1.88 bits per heavy atom. The summed E-state index contributed by atoms with van der Waals surface area (Å²) in [5.74, 6) is -0.556. The second kappa shape index (κ2) is 8.86. The minimum Gasteiger partial charge on any atom is -0.497 e. The summed E-state index contributed by atoms with van der Waals surface area (Å²) >= 11 is 0. The summed E-state index contributed by atoms with van der Waals surface area (Å²) in [5, 5.41) is 0. The topological polar surface area (TPSA) is 58.9 Å². The molecule has 0 aliphatic heterocycles. The van der Waals surface area contributed by atoms with Gasteiger partial charge in [0.25, 0.3) is 5.78 Å². The molecule has 0 saturated heterocycles. The third kappa shape index (κ3) is 4.10. The van der Waals surface area contributed by atoms with Gasteiger partial charge < -0.3 is 23.5 Å². The lowest BCUT2D eigenvalue weighted by Gasteiger charge is -2.14. The van der Waals surface area contributed by atoms with Crippen LogP contribution in [0.2, 0.25) is 0 Å². The van der Waals surface area contributed by atoms with E-state index in [0.717, 1.165) is 0 Å². The highest BCUT2D eigenvalue weighted by Gasteiger charge is 2.42. The molecule has 1 heterocycles. The predicted octanol–water partition coefficient (Wildman–Crippen LogP) is 5.23. The SMILES string of the molecule is COc1ccc(-n2cc(-c3cc(OC)c(OC)c(OC)c3)c(C(=O)C(F)(F)F)c2C)cc1. The van der Waals surface area contributed by atoms with Gasteiger partial charge in [0.15, 0.2) is 11.5 Å². The Hall–Kier alpha value is -3.62. The lowest BCUT2D eigenvalue weighted by Crippen LogP contribution is -2.24. The molecule has 0 amide bonds. The van der Waals surface area contributed by atoms with Gasteiger partial charge in [-0.25, -0.2) is 0 Å². The summed E-state index contributed by atoms with van der Waals surface area (Å²) in [5.41, 5.74) is 0.643. The van der Waals surface area contributed by atoms with E-state index in [1.807, 2.05) is 0 Å². The summed E-state index contributed by atoms with van der Waals surface area (Å²) < 4.78 is 63.1. The summed E-state index contributed by atoms with van der Waals surface area (Å²) in [6.45, 7) is 1.46. The number of hydrogen-bond acceptors (Lipinski definition) is 5. The number of alkyl halides is 3. The minimum atomic E-state index is -5.05. The van der Waals surface area contributed by atoms with Crippen LogP contribution in [0.4, 0.5) is 13.2 Å². The Bertz CT molecular complexity index is 1110. The number of halogens is 3. The van der Waals surface area contributed by atoms with Crippen molar-refractivity contribution < 1.29 is 36.9 Å². The number of aromatic nitrogens is 1. The molecule has 0 N–H and O–H groups in total. The number of nitrogens with zero attached hydrogens (tertiary/aromatic N) is 1. The van der Waals surface area contributed by atoms with E-state index in [1.54, 1.807) is 24.3 Å². The van der Waals surface area contributed by atoms with Crippen LogP contribution in [0.3, 0.4) is 0 Å². The molecular weight excluding hydrogens is 427 g/mol. The molecule has 6 nitrogen and oxygen atoms in total. The van der Waals surface area contributed by atoms with Crippen LogP contribution in [0.5, 0.6) is 23.0 Å². The first-order chi connectivity index (χ1) is 15.2. The summed E-state index contributed by atoms with van der Waals surface area (Å²) in [4.78, 5) is 12.4. The number of methoxy groups -OCH3 is 4. The van der Waals surface area contributed by atoms with Gasteiger partial charge in [-0.1, -0.05) is 0 Å². The summed E-state index contributed by atoms with van der Waals surface area (Å²) in [7, 11) is 5.73. The number of carbonyl (C=O) groups is 1. The van der Waals surface area contributed by atoms with E-state index >= 15 is 0 Å². The number of ether oxygens (including phenoxy) is 4. The van der Waals surface area contributed by atoms with Crippen molar-refractivity contribution in [2.45, 2.75) is 13.1 Å². The van der Waals surface area contributed by atoms with Gasteiger partial charge in [-0.05, 0) is 48.9 Å². The van der Waals surface area contributed by atoms with Gasteiger partial charge in [0.05, 0.1) is 34.0 Å². The quantitative estimate of drug-likeness (QED) is 0.462. The molecule has 0 aliphatic rings. The van der Waals surface area contributed by atoms with Crippen molar-refractivity contribution in [3.8, 4) is 39.8 Å². The van der Waals surface area contributed by atoms with Crippen molar-refractivity contribution in [3.63, 3.8) is 0 Å². The van der Waals surface area contributed by atoms with Crippen molar-refractivity contribution >= 4 is 5.78 Å². The molecule has 0 saturated carbocycles. The Morgan fingerprint density at radius 2 is 1.44 bits per heavy atom. The Balaban J connectivity index is 2.30. The highest BCUT2D eigenvalue weighted by Crippen LogP contribution is 2.43. The molecule has 1 aromatic heterocycles. The second-order valence-electron chi connectivity index (χ2n) is 6.81. The molecule has 0 aliphatic carbocycles. The number of carbonyl (C=O) groups excluding carboxylic acids is 1. The third-order valence-corrected chi connectivity index (χ3v) is 5.06. The Morgan fingerprint density at radius 1 is 0.875 bits per heavy atom. The average Bonchev–Trinajstić information content (AvgIpc) is 3.13. The number of Topliss-reactive ketones (excluding diaryl/α,β-unsaturated/α-hetero) is 1. The molecular formula is C23H22F3NO5. The van der Waals surface area contributed by atoms with Crippen molar-refractivity contribution in [1.82, 2.24) is 4.57 Å². The number of rotatable bonds is 7. The lowest BCUT2D eigenvalue weighted by atomic mass is 9.99. The predicted molar refractivity (Wildman–Crippen MR) is 113 cm³/mol. The van der Waals surface area contributed by atoms with Crippen LogP contribution in [0.15, 0.2) is 42.6 Å². The third-order valence-electron chi connectivity index (χ3n) is 5.06. The zero-order valence-corrected chi connectivity index (χ0v) is 18.2. The highest BCUT2D eigenvalue weighted by atomic mass is 19.4. The standard InChI is InChI=1S/C23H22F3NO5/c1-13-20(22(28)23(24,25)26)17(12-27(13)15-6-8-16(29-2)9-7-15)14-10-18(30-3)21(32-5)19(11-14)31-4/h6-12H,1-5H3. The fraction of sp³-hybridized carbons (Fsp3) is 0.261. The first-order valence-electron chi connectivity index (χ1n) is 9.44. The molecule has 0 fully saturated rings. The average molecular weight is 449 g/mol. The zero-order valence-electron chi connectivity index (χ0n) is 18.2. The Labute approximate surface area is 183 Å². The van der Waals surface area contributed by atoms with E-state index in [9.17, 15) is 18.0 Å². The van der Waals surface area contributed by atoms with E-state index in [2.05, 4.69) is 0 Å². The highest BCUT2D eigenvalue weighted by molar-refractivity contribution is 6.07. The number of hydrogen-bond donors (Lipinski definition) is 0. The van der Waals surface area contributed by atoms with Crippen LogP contribution in [0.1, 0.15) is 16.1 Å². The van der Waals surface area contributed by atoms with Gasteiger partial charge in [0.1, 0.15) is 5.75 Å². The molecule has 9 heteroatoms. The fourth-order valence-corrected chi connectivity index (χ4v) is 3.50. The van der Waals surface area contributed by atoms with Crippen LogP contribution >= 0.6 is 0 Å². The van der Waals surface area contributed by atoms with Gasteiger partial charge in [0, 0.05) is 23.1 Å². The van der Waals surface area contributed by atoms with Gasteiger partial charge in [-0.3, -0.25) is 4.79 Å². The van der Waals surface area contributed by atoms with Crippen LogP contribution in [-0.4, -0.2) is 45.0 Å². The van der Waals surface area contributed by atoms with Crippen molar-refractivity contribution in [3.05, 3.63) is 53.9 Å². The normalized spacial score (nSPS) is 11.2. The molecule has 3 rings (SSSR count). The van der Waals surface area contributed by atoms with Crippen molar-refractivity contribution in [2.75, 3.05) is 28.4 Å². The monoisotopic (exact) mass is 449 g/mol. The van der Waals surface area contributed by atoms with E-state index < -0.39 is 17.5 Å². The van der Waals surface area contributed by atoms with E-state index in [4.69, 9.17) is 18.9 Å². The number of benzene rings is 2. The molecule has 170 valence electrons. The van der Waals surface area contributed by atoms with E-state index in [-0.39, 0.29) is 28.5 Å². The molecule has 32 heavy (non-hydrogen) atoms. The van der Waals surface area contributed by atoms with Gasteiger partial charge in [0.2, 0.25) is 5.75 Å².